The predicted octanol–water partition coefficient (Wildman–Crippen LogP) is 5.14. The van der Waals surface area contributed by atoms with E-state index in [4.69, 9.17) is 0 Å². The zero-order valence-corrected chi connectivity index (χ0v) is 15.0. The minimum absolute atomic E-state index is 0.604. The Hall–Kier alpha value is -2.45. The largest absolute Gasteiger partial charge is 0.289 e. The van der Waals surface area contributed by atoms with Crippen LogP contribution < -0.4 is 0 Å². The summed E-state index contributed by atoms with van der Waals surface area (Å²) in [5.41, 5.74) is 5.56. The molecular formula is C24H24N2. The highest BCUT2D eigenvalue weighted by molar-refractivity contribution is 5.81. The number of para-hydroxylation sites is 1. The minimum atomic E-state index is 0.604. The topological polar surface area (TPSA) is 16.1 Å². The van der Waals surface area contributed by atoms with Gasteiger partial charge in [0.15, 0.2) is 0 Å². The van der Waals surface area contributed by atoms with Gasteiger partial charge < -0.3 is 0 Å². The SMILES string of the molecule is C1=C(Cc2cccc3cccnc23)CC2CCC1N2Cc1ccccc1. The van der Waals surface area contributed by atoms with Crippen LogP contribution in [0.25, 0.3) is 10.9 Å². The smallest absolute Gasteiger partial charge is 0.0737 e. The molecule has 1 saturated heterocycles. The van der Waals surface area contributed by atoms with Gasteiger partial charge in [-0.2, -0.15) is 0 Å². The Kier molecular flexibility index (Phi) is 4.06. The van der Waals surface area contributed by atoms with Gasteiger partial charge in [0.25, 0.3) is 0 Å². The molecule has 2 heteroatoms. The molecule has 26 heavy (non-hydrogen) atoms. The molecule has 130 valence electrons. The van der Waals surface area contributed by atoms with Crippen LogP contribution in [0.3, 0.4) is 0 Å². The Bertz CT molecular complexity index is 939. The molecule has 2 unspecified atom stereocenters. The lowest BCUT2D eigenvalue weighted by atomic mass is 9.93. The summed E-state index contributed by atoms with van der Waals surface area (Å²) in [7, 11) is 0. The van der Waals surface area contributed by atoms with Gasteiger partial charge in [0, 0.05) is 30.2 Å². The highest BCUT2D eigenvalue weighted by atomic mass is 15.2. The Morgan fingerprint density at radius 3 is 2.69 bits per heavy atom. The van der Waals surface area contributed by atoms with E-state index in [-0.39, 0.29) is 0 Å². The first kappa shape index (κ1) is 15.8. The molecule has 2 aliphatic rings. The van der Waals surface area contributed by atoms with Crippen molar-refractivity contribution >= 4 is 10.9 Å². The van der Waals surface area contributed by atoms with E-state index in [9.17, 15) is 0 Å². The quantitative estimate of drug-likeness (QED) is 0.611. The van der Waals surface area contributed by atoms with Crippen LogP contribution in [0.1, 0.15) is 30.4 Å². The van der Waals surface area contributed by atoms with E-state index in [1.54, 1.807) is 5.57 Å². The van der Waals surface area contributed by atoms with E-state index < -0.39 is 0 Å². The number of hydrogen-bond acceptors (Lipinski definition) is 2. The molecule has 0 spiro atoms. The Labute approximate surface area is 155 Å². The molecule has 1 fully saturated rings. The maximum atomic E-state index is 4.63. The second-order valence-electron chi connectivity index (χ2n) is 7.65. The summed E-state index contributed by atoms with van der Waals surface area (Å²) in [5.74, 6) is 0. The van der Waals surface area contributed by atoms with Crippen molar-refractivity contribution in [3.05, 3.63) is 89.6 Å². The molecule has 2 aromatic carbocycles. The Morgan fingerprint density at radius 2 is 1.81 bits per heavy atom. The van der Waals surface area contributed by atoms with Crippen molar-refractivity contribution in [3.8, 4) is 0 Å². The van der Waals surface area contributed by atoms with Crippen molar-refractivity contribution in [1.29, 1.82) is 0 Å². The molecule has 0 saturated carbocycles. The van der Waals surface area contributed by atoms with E-state index in [0.717, 1.165) is 18.5 Å². The number of pyridine rings is 1. The van der Waals surface area contributed by atoms with E-state index in [0.29, 0.717) is 12.1 Å². The van der Waals surface area contributed by atoms with Crippen molar-refractivity contribution in [2.75, 3.05) is 0 Å². The van der Waals surface area contributed by atoms with Crippen LogP contribution in [-0.4, -0.2) is 22.0 Å². The first-order valence-electron chi connectivity index (χ1n) is 9.69. The van der Waals surface area contributed by atoms with Gasteiger partial charge in [-0.3, -0.25) is 9.88 Å². The molecule has 2 bridgehead atoms. The van der Waals surface area contributed by atoms with Crippen LogP contribution in [0, 0.1) is 0 Å². The van der Waals surface area contributed by atoms with Gasteiger partial charge in [-0.1, -0.05) is 66.2 Å². The van der Waals surface area contributed by atoms with Gasteiger partial charge in [-0.25, -0.2) is 0 Å². The van der Waals surface area contributed by atoms with Crippen molar-refractivity contribution < 1.29 is 0 Å². The van der Waals surface area contributed by atoms with E-state index in [1.807, 2.05) is 12.3 Å². The molecule has 0 amide bonds. The predicted molar refractivity (Wildman–Crippen MR) is 107 cm³/mol. The van der Waals surface area contributed by atoms with Crippen molar-refractivity contribution in [2.24, 2.45) is 0 Å². The fourth-order valence-corrected chi connectivity index (χ4v) is 4.73. The zero-order chi connectivity index (χ0) is 17.3. The maximum Gasteiger partial charge on any atom is 0.0737 e. The van der Waals surface area contributed by atoms with Crippen LogP contribution in [0.2, 0.25) is 0 Å². The molecule has 1 aromatic heterocycles. The third kappa shape index (κ3) is 2.95. The van der Waals surface area contributed by atoms with Crippen LogP contribution in [-0.2, 0) is 13.0 Å². The number of benzene rings is 2. The van der Waals surface area contributed by atoms with Gasteiger partial charge in [-0.15, -0.1) is 0 Å². The molecule has 5 rings (SSSR count). The van der Waals surface area contributed by atoms with Gasteiger partial charge >= 0.3 is 0 Å². The molecule has 3 heterocycles. The van der Waals surface area contributed by atoms with Gasteiger partial charge in [0.05, 0.1) is 5.52 Å². The third-order valence-corrected chi connectivity index (χ3v) is 5.96. The molecule has 0 aliphatic carbocycles. The van der Waals surface area contributed by atoms with Crippen molar-refractivity contribution in [2.45, 2.75) is 44.3 Å². The number of hydrogen-bond donors (Lipinski definition) is 0. The highest BCUT2D eigenvalue weighted by Crippen LogP contribution is 2.37. The first-order chi connectivity index (χ1) is 12.9. The lowest BCUT2D eigenvalue weighted by Crippen LogP contribution is -2.38. The number of aromatic nitrogens is 1. The fourth-order valence-electron chi connectivity index (χ4n) is 4.73. The second kappa shape index (κ2) is 6.69. The number of nitrogens with zero attached hydrogens (tertiary/aromatic N) is 2. The van der Waals surface area contributed by atoms with Crippen LogP contribution in [0.5, 0.6) is 0 Å². The highest BCUT2D eigenvalue weighted by Gasteiger charge is 2.36. The molecule has 3 aromatic rings. The molecule has 2 aliphatic heterocycles. The molecule has 0 radical (unpaired) electrons. The second-order valence-corrected chi connectivity index (χ2v) is 7.65. The lowest BCUT2D eigenvalue weighted by molar-refractivity contribution is 0.195. The fraction of sp³-hybridized carbons (Fsp3) is 0.292. The summed E-state index contributed by atoms with van der Waals surface area (Å²) >= 11 is 0. The summed E-state index contributed by atoms with van der Waals surface area (Å²) in [6.07, 6.45) is 9.33. The average Bonchev–Trinajstić information content (AvgIpc) is 2.91. The number of fused-ring (bicyclic) bond motifs is 3. The Morgan fingerprint density at radius 1 is 0.923 bits per heavy atom. The van der Waals surface area contributed by atoms with Gasteiger partial charge in [-0.05, 0) is 42.9 Å². The van der Waals surface area contributed by atoms with Gasteiger partial charge in [0.2, 0.25) is 0 Å². The minimum Gasteiger partial charge on any atom is -0.289 e. The normalized spacial score (nSPS) is 22.5. The summed E-state index contributed by atoms with van der Waals surface area (Å²) in [5, 5.41) is 1.25. The lowest BCUT2D eigenvalue weighted by Gasteiger charge is -2.34. The summed E-state index contributed by atoms with van der Waals surface area (Å²) < 4.78 is 0. The summed E-state index contributed by atoms with van der Waals surface area (Å²) in [6.45, 7) is 1.08. The third-order valence-electron chi connectivity index (χ3n) is 5.96. The van der Waals surface area contributed by atoms with Gasteiger partial charge in [0.1, 0.15) is 0 Å². The monoisotopic (exact) mass is 340 g/mol. The van der Waals surface area contributed by atoms with E-state index >= 15 is 0 Å². The average molecular weight is 340 g/mol. The van der Waals surface area contributed by atoms with E-state index in [2.05, 4.69) is 70.6 Å². The summed E-state index contributed by atoms with van der Waals surface area (Å²) in [6, 6.07) is 23.0. The van der Waals surface area contributed by atoms with Crippen molar-refractivity contribution in [3.63, 3.8) is 0 Å². The molecule has 0 N–H and O–H groups in total. The number of rotatable bonds is 4. The maximum absolute atomic E-state index is 4.63. The van der Waals surface area contributed by atoms with E-state index in [1.165, 1.54) is 35.8 Å². The Balaban J connectivity index is 1.38. The summed E-state index contributed by atoms with van der Waals surface area (Å²) in [4.78, 5) is 7.34. The standard InChI is InChI=1S/C24H24N2/c1-2-6-18(7-3-1)17-26-22-11-12-23(26)16-19(15-22)14-21-9-4-8-20-10-5-13-25-24(20)21/h1-10,13,15,22-23H,11-12,14,16-17H2. The van der Waals surface area contributed by atoms with Crippen LogP contribution in [0.4, 0.5) is 0 Å². The molecule has 2 nitrogen and oxygen atoms in total. The van der Waals surface area contributed by atoms with Crippen molar-refractivity contribution in [1.82, 2.24) is 9.88 Å². The van der Waals surface area contributed by atoms with Crippen LogP contribution in [0.15, 0.2) is 78.5 Å². The molecular weight excluding hydrogens is 316 g/mol. The van der Waals surface area contributed by atoms with Crippen LogP contribution >= 0.6 is 0 Å². The molecule has 2 atom stereocenters. The first-order valence-corrected chi connectivity index (χ1v) is 9.69. The zero-order valence-electron chi connectivity index (χ0n) is 15.0.